The zero-order valence-electron chi connectivity index (χ0n) is 7.40. The maximum absolute atomic E-state index is 9.76. The smallest absolute Gasteiger partial charge is 0.124 e. The Morgan fingerprint density at radius 2 is 1.86 bits per heavy atom. The summed E-state index contributed by atoms with van der Waals surface area (Å²) in [5.41, 5.74) is 0. The maximum Gasteiger partial charge on any atom is 0.124 e. The van der Waals surface area contributed by atoms with Gasteiger partial charge in [-0.3, -0.25) is 0 Å². The van der Waals surface area contributed by atoms with Crippen molar-refractivity contribution in [1.82, 2.24) is 0 Å². The number of phenolic OH excluding ortho intramolecular Hbond substituents is 1. The van der Waals surface area contributed by atoms with Crippen LogP contribution in [-0.4, -0.2) is 5.11 Å². The van der Waals surface area contributed by atoms with Gasteiger partial charge in [0.15, 0.2) is 0 Å². The van der Waals surface area contributed by atoms with E-state index in [-0.39, 0.29) is 0 Å². The van der Waals surface area contributed by atoms with E-state index < -0.39 is 0 Å². The Bertz CT molecular complexity index is 610. The fraction of sp³-hybridized carbons (Fsp3) is 0. The average molecular weight is 200 g/mol. The van der Waals surface area contributed by atoms with Gasteiger partial charge in [-0.1, -0.05) is 24.3 Å². The van der Waals surface area contributed by atoms with Crippen LogP contribution in [0.1, 0.15) is 0 Å². The van der Waals surface area contributed by atoms with Gasteiger partial charge in [0, 0.05) is 10.1 Å². The summed E-state index contributed by atoms with van der Waals surface area (Å²) in [7, 11) is 0. The van der Waals surface area contributed by atoms with E-state index >= 15 is 0 Å². The van der Waals surface area contributed by atoms with Gasteiger partial charge in [0.25, 0.3) is 0 Å². The van der Waals surface area contributed by atoms with E-state index in [1.807, 2.05) is 35.7 Å². The molecule has 1 heterocycles. The molecule has 1 nitrogen and oxygen atoms in total. The topological polar surface area (TPSA) is 20.2 Å². The first-order valence-electron chi connectivity index (χ1n) is 4.44. The highest BCUT2D eigenvalue weighted by Crippen LogP contribution is 2.35. The largest absolute Gasteiger partial charge is 0.507 e. The molecular formula is C12H8OS. The lowest BCUT2D eigenvalue weighted by Gasteiger charge is -2.01. The Balaban J connectivity index is 2.66. The van der Waals surface area contributed by atoms with E-state index in [0.717, 1.165) is 10.8 Å². The Labute approximate surface area is 85.2 Å². The summed E-state index contributed by atoms with van der Waals surface area (Å²) < 4.78 is 1.17. The fourth-order valence-electron chi connectivity index (χ4n) is 1.77. The molecule has 3 rings (SSSR count). The lowest BCUT2D eigenvalue weighted by Crippen LogP contribution is -1.73. The van der Waals surface area contributed by atoms with Crippen LogP contribution in [0.5, 0.6) is 5.75 Å². The van der Waals surface area contributed by atoms with Gasteiger partial charge in [-0.25, -0.2) is 0 Å². The second-order valence-corrected chi connectivity index (χ2v) is 4.20. The van der Waals surface area contributed by atoms with Gasteiger partial charge in [-0.2, -0.15) is 0 Å². The van der Waals surface area contributed by atoms with Gasteiger partial charge in [0.05, 0.1) is 0 Å². The van der Waals surface area contributed by atoms with Crippen LogP contribution in [-0.2, 0) is 0 Å². The van der Waals surface area contributed by atoms with E-state index in [1.165, 1.54) is 10.1 Å². The van der Waals surface area contributed by atoms with Crippen molar-refractivity contribution in [2.45, 2.75) is 0 Å². The first-order valence-corrected chi connectivity index (χ1v) is 5.32. The zero-order chi connectivity index (χ0) is 9.54. The van der Waals surface area contributed by atoms with Crippen molar-refractivity contribution in [3.63, 3.8) is 0 Å². The number of hydrogen-bond donors (Lipinski definition) is 1. The lowest BCUT2D eigenvalue weighted by atomic mass is 10.1. The molecule has 0 aliphatic rings. The third-order valence-corrected chi connectivity index (χ3v) is 3.39. The quantitative estimate of drug-likeness (QED) is 0.585. The number of aromatic hydroxyl groups is 1. The monoisotopic (exact) mass is 200 g/mol. The minimum Gasteiger partial charge on any atom is -0.507 e. The Morgan fingerprint density at radius 3 is 2.79 bits per heavy atom. The molecule has 0 aliphatic heterocycles. The summed E-state index contributed by atoms with van der Waals surface area (Å²) in [6.07, 6.45) is 0. The minimum absolute atomic E-state index is 0.375. The van der Waals surface area contributed by atoms with Gasteiger partial charge >= 0.3 is 0 Å². The van der Waals surface area contributed by atoms with Gasteiger partial charge in [-0.15, -0.1) is 11.3 Å². The van der Waals surface area contributed by atoms with Crippen molar-refractivity contribution in [1.29, 1.82) is 0 Å². The van der Waals surface area contributed by atoms with E-state index in [0.29, 0.717) is 5.75 Å². The van der Waals surface area contributed by atoms with Crippen LogP contribution in [0.25, 0.3) is 20.9 Å². The van der Waals surface area contributed by atoms with Gasteiger partial charge in [0.1, 0.15) is 5.75 Å². The van der Waals surface area contributed by atoms with Crippen molar-refractivity contribution in [2.75, 3.05) is 0 Å². The number of phenols is 1. The molecular weight excluding hydrogens is 192 g/mol. The number of fused-ring (bicyclic) bond motifs is 3. The third kappa shape index (κ3) is 0.946. The van der Waals surface area contributed by atoms with Gasteiger partial charge in [-0.05, 0) is 28.3 Å². The van der Waals surface area contributed by atoms with Crippen molar-refractivity contribution in [3.8, 4) is 5.75 Å². The predicted molar refractivity (Wildman–Crippen MR) is 61.0 cm³/mol. The maximum atomic E-state index is 9.76. The molecule has 0 amide bonds. The summed E-state index contributed by atoms with van der Waals surface area (Å²) in [5, 5.41) is 15.0. The normalized spacial score (nSPS) is 11.1. The number of thiophene rings is 1. The zero-order valence-corrected chi connectivity index (χ0v) is 8.21. The highest BCUT2D eigenvalue weighted by Gasteiger charge is 2.05. The summed E-state index contributed by atoms with van der Waals surface area (Å²) in [6, 6.07) is 11.9. The molecule has 2 aromatic carbocycles. The molecule has 0 spiro atoms. The highest BCUT2D eigenvalue weighted by molar-refractivity contribution is 7.18. The SMILES string of the molecule is Oc1cc2ccccc2c2sccc12. The van der Waals surface area contributed by atoms with Crippen LogP contribution in [0.3, 0.4) is 0 Å². The van der Waals surface area contributed by atoms with Gasteiger partial charge < -0.3 is 5.11 Å². The molecule has 0 fully saturated rings. The lowest BCUT2D eigenvalue weighted by molar-refractivity contribution is 0.482. The molecule has 14 heavy (non-hydrogen) atoms. The van der Waals surface area contributed by atoms with Crippen LogP contribution in [0.15, 0.2) is 41.8 Å². The second kappa shape index (κ2) is 2.72. The number of benzene rings is 2. The first-order chi connectivity index (χ1) is 6.86. The molecule has 68 valence electrons. The standard InChI is InChI=1S/C12H8OS/c13-11-7-8-3-1-2-4-9(8)12-10(11)5-6-14-12/h1-7,13H. The van der Waals surface area contributed by atoms with Crippen LogP contribution < -0.4 is 0 Å². The number of hydrogen-bond acceptors (Lipinski definition) is 2. The summed E-state index contributed by atoms with van der Waals surface area (Å²) >= 11 is 1.67. The molecule has 0 saturated heterocycles. The highest BCUT2D eigenvalue weighted by atomic mass is 32.1. The van der Waals surface area contributed by atoms with Gasteiger partial charge in [0.2, 0.25) is 0 Å². The molecule has 1 N–H and O–H groups in total. The fourth-order valence-corrected chi connectivity index (χ4v) is 2.73. The summed E-state index contributed by atoms with van der Waals surface area (Å²) in [4.78, 5) is 0. The molecule has 0 aliphatic carbocycles. The van der Waals surface area contributed by atoms with Crippen molar-refractivity contribution in [3.05, 3.63) is 41.8 Å². The summed E-state index contributed by atoms with van der Waals surface area (Å²) in [5.74, 6) is 0.375. The average Bonchev–Trinajstić information content (AvgIpc) is 2.67. The Morgan fingerprint density at radius 1 is 1.00 bits per heavy atom. The second-order valence-electron chi connectivity index (χ2n) is 3.28. The Hall–Kier alpha value is -1.54. The molecule has 0 saturated carbocycles. The minimum atomic E-state index is 0.375. The summed E-state index contributed by atoms with van der Waals surface area (Å²) in [6.45, 7) is 0. The molecule has 1 aromatic heterocycles. The van der Waals surface area contributed by atoms with Crippen molar-refractivity contribution < 1.29 is 5.11 Å². The van der Waals surface area contributed by atoms with Crippen LogP contribution >= 0.6 is 11.3 Å². The van der Waals surface area contributed by atoms with E-state index in [1.54, 1.807) is 11.3 Å². The number of rotatable bonds is 0. The van der Waals surface area contributed by atoms with Crippen LogP contribution in [0.4, 0.5) is 0 Å². The molecule has 3 aromatic rings. The first kappa shape index (κ1) is 7.83. The van der Waals surface area contributed by atoms with Crippen LogP contribution in [0, 0.1) is 0 Å². The van der Waals surface area contributed by atoms with E-state index in [2.05, 4.69) is 6.07 Å². The van der Waals surface area contributed by atoms with E-state index in [4.69, 9.17) is 0 Å². The molecule has 0 bridgehead atoms. The molecule has 0 radical (unpaired) electrons. The Kier molecular flexibility index (Phi) is 1.52. The van der Waals surface area contributed by atoms with Crippen LogP contribution in [0.2, 0.25) is 0 Å². The van der Waals surface area contributed by atoms with Crippen molar-refractivity contribution >= 4 is 32.2 Å². The molecule has 0 unspecified atom stereocenters. The molecule has 0 atom stereocenters. The van der Waals surface area contributed by atoms with Crippen molar-refractivity contribution in [2.24, 2.45) is 0 Å². The van der Waals surface area contributed by atoms with E-state index in [9.17, 15) is 5.11 Å². The molecule has 2 heteroatoms. The predicted octanol–water partition coefficient (Wildman–Crippen LogP) is 3.76. The third-order valence-electron chi connectivity index (χ3n) is 2.44.